The second-order valence-electron chi connectivity index (χ2n) is 3.50. The summed E-state index contributed by atoms with van der Waals surface area (Å²) in [6.45, 7) is 5.95. The molecule has 1 rings (SSSR count). The second-order valence-corrected chi connectivity index (χ2v) is 3.50. The number of rotatable bonds is 4. The van der Waals surface area contributed by atoms with Gasteiger partial charge in [0.2, 0.25) is 0 Å². The van der Waals surface area contributed by atoms with E-state index in [1.54, 1.807) is 6.33 Å². The standard InChI is InChI=1S/C10H19N5/c1-5-15(6-2)10-8(11)9(14(3)4)12-7-13-10/h7H,5-6,11H2,1-4H3. The van der Waals surface area contributed by atoms with E-state index in [1.165, 1.54) is 0 Å². The summed E-state index contributed by atoms with van der Waals surface area (Å²) in [5, 5.41) is 0. The third-order valence-electron chi connectivity index (χ3n) is 2.33. The van der Waals surface area contributed by atoms with Gasteiger partial charge in [0.25, 0.3) is 0 Å². The molecule has 0 aliphatic carbocycles. The summed E-state index contributed by atoms with van der Waals surface area (Å²) < 4.78 is 0. The minimum atomic E-state index is 0.645. The van der Waals surface area contributed by atoms with Crippen LogP contribution < -0.4 is 15.5 Å². The van der Waals surface area contributed by atoms with E-state index in [9.17, 15) is 0 Å². The highest BCUT2D eigenvalue weighted by atomic mass is 15.2. The third-order valence-corrected chi connectivity index (χ3v) is 2.33. The van der Waals surface area contributed by atoms with Gasteiger partial charge in [-0.15, -0.1) is 0 Å². The van der Waals surface area contributed by atoms with E-state index in [-0.39, 0.29) is 0 Å². The molecule has 0 bridgehead atoms. The van der Waals surface area contributed by atoms with Gasteiger partial charge in [-0.25, -0.2) is 9.97 Å². The van der Waals surface area contributed by atoms with Gasteiger partial charge in [0.05, 0.1) is 0 Å². The summed E-state index contributed by atoms with van der Waals surface area (Å²) in [7, 11) is 3.84. The molecule has 0 aromatic carbocycles. The Bertz CT molecular complexity index is 320. The van der Waals surface area contributed by atoms with Crippen molar-refractivity contribution in [3.63, 3.8) is 0 Å². The number of nitrogens with zero attached hydrogens (tertiary/aromatic N) is 4. The third kappa shape index (κ3) is 2.29. The van der Waals surface area contributed by atoms with Crippen molar-refractivity contribution in [3.8, 4) is 0 Å². The van der Waals surface area contributed by atoms with E-state index < -0.39 is 0 Å². The highest BCUT2D eigenvalue weighted by molar-refractivity contribution is 5.75. The maximum atomic E-state index is 6.03. The Morgan fingerprint density at radius 2 is 1.67 bits per heavy atom. The summed E-state index contributed by atoms with van der Waals surface area (Å²) in [5.74, 6) is 1.59. The zero-order chi connectivity index (χ0) is 11.4. The molecule has 0 radical (unpaired) electrons. The van der Waals surface area contributed by atoms with Gasteiger partial charge in [-0.1, -0.05) is 0 Å². The first kappa shape index (κ1) is 11.6. The van der Waals surface area contributed by atoms with E-state index in [4.69, 9.17) is 5.73 Å². The number of nitrogen functional groups attached to an aromatic ring is 1. The van der Waals surface area contributed by atoms with E-state index in [1.807, 2.05) is 19.0 Å². The van der Waals surface area contributed by atoms with E-state index in [2.05, 4.69) is 28.7 Å². The van der Waals surface area contributed by atoms with Gasteiger partial charge in [-0.05, 0) is 13.8 Å². The second kappa shape index (κ2) is 4.82. The number of anilines is 3. The van der Waals surface area contributed by atoms with Crippen molar-refractivity contribution in [3.05, 3.63) is 6.33 Å². The van der Waals surface area contributed by atoms with Crippen LogP contribution in [-0.2, 0) is 0 Å². The lowest BCUT2D eigenvalue weighted by molar-refractivity contribution is 0.842. The molecule has 5 nitrogen and oxygen atoms in total. The van der Waals surface area contributed by atoms with Gasteiger partial charge in [0, 0.05) is 27.2 Å². The highest BCUT2D eigenvalue weighted by Crippen LogP contribution is 2.27. The van der Waals surface area contributed by atoms with Crippen molar-refractivity contribution < 1.29 is 0 Å². The maximum absolute atomic E-state index is 6.03. The van der Waals surface area contributed by atoms with Crippen LogP contribution >= 0.6 is 0 Å². The molecule has 0 spiro atoms. The molecule has 0 saturated carbocycles. The normalized spacial score (nSPS) is 10.1. The molecular weight excluding hydrogens is 190 g/mol. The van der Waals surface area contributed by atoms with Gasteiger partial charge < -0.3 is 15.5 Å². The zero-order valence-corrected chi connectivity index (χ0v) is 9.86. The average Bonchev–Trinajstić information content (AvgIpc) is 2.21. The quantitative estimate of drug-likeness (QED) is 0.800. The predicted octanol–water partition coefficient (Wildman–Crippen LogP) is 0.971. The van der Waals surface area contributed by atoms with Crippen LogP contribution in [0.2, 0.25) is 0 Å². The summed E-state index contributed by atoms with van der Waals surface area (Å²) in [5.41, 5.74) is 6.67. The molecule has 5 heteroatoms. The number of hydrogen-bond donors (Lipinski definition) is 1. The van der Waals surface area contributed by atoms with Crippen LogP contribution in [0.3, 0.4) is 0 Å². The molecule has 0 aliphatic heterocycles. The average molecular weight is 209 g/mol. The largest absolute Gasteiger partial charge is 0.393 e. The van der Waals surface area contributed by atoms with Crippen LogP contribution in [0.1, 0.15) is 13.8 Å². The van der Waals surface area contributed by atoms with Gasteiger partial charge in [0.15, 0.2) is 11.6 Å². The van der Waals surface area contributed by atoms with Crippen LogP contribution in [0, 0.1) is 0 Å². The first-order valence-corrected chi connectivity index (χ1v) is 5.14. The lowest BCUT2D eigenvalue weighted by Crippen LogP contribution is -2.25. The molecular formula is C10H19N5. The Morgan fingerprint density at radius 1 is 1.13 bits per heavy atom. The van der Waals surface area contributed by atoms with Crippen LogP contribution in [-0.4, -0.2) is 37.2 Å². The van der Waals surface area contributed by atoms with Crippen molar-refractivity contribution in [2.75, 3.05) is 42.7 Å². The molecule has 0 amide bonds. The summed E-state index contributed by atoms with van der Waals surface area (Å²) in [4.78, 5) is 12.4. The van der Waals surface area contributed by atoms with Crippen molar-refractivity contribution in [1.29, 1.82) is 0 Å². The lowest BCUT2D eigenvalue weighted by atomic mass is 10.3. The smallest absolute Gasteiger partial charge is 0.157 e. The summed E-state index contributed by atoms with van der Waals surface area (Å²) in [6, 6.07) is 0. The minimum absolute atomic E-state index is 0.645. The van der Waals surface area contributed by atoms with Gasteiger partial charge in [0.1, 0.15) is 12.0 Å². The fourth-order valence-corrected chi connectivity index (χ4v) is 1.51. The molecule has 0 fully saturated rings. The summed E-state index contributed by atoms with van der Waals surface area (Å²) >= 11 is 0. The van der Waals surface area contributed by atoms with E-state index in [0.717, 1.165) is 24.7 Å². The molecule has 0 atom stereocenters. The molecule has 15 heavy (non-hydrogen) atoms. The van der Waals surface area contributed by atoms with Crippen LogP contribution in [0.25, 0.3) is 0 Å². The summed E-state index contributed by atoms with van der Waals surface area (Å²) in [6.07, 6.45) is 1.55. The molecule has 84 valence electrons. The molecule has 1 aromatic heterocycles. The van der Waals surface area contributed by atoms with Crippen molar-refractivity contribution in [2.24, 2.45) is 0 Å². The van der Waals surface area contributed by atoms with Crippen LogP contribution in [0.5, 0.6) is 0 Å². The first-order chi connectivity index (χ1) is 7.11. The van der Waals surface area contributed by atoms with Crippen molar-refractivity contribution in [1.82, 2.24) is 9.97 Å². The fourth-order valence-electron chi connectivity index (χ4n) is 1.51. The highest BCUT2D eigenvalue weighted by Gasteiger charge is 2.13. The first-order valence-electron chi connectivity index (χ1n) is 5.14. The molecule has 0 aliphatic rings. The molecule has 1 aromatic rings. The van der Waals surface area contributed by atoms with E-state index >= 15 is 0 Å². The molecule has 2 N–H and O–H groups in total. The molecule has 0 saturated heterocycles. The van der Waals surface area contributed by atoms with Gasteiger partial charge in [-0.3, -0.25) is 0 Å². The Morgan fingerprint density at radius 3 is 2.13 bits per heavy atom. The number of aromatic nitrogens is 2. The molecule has 1 heterocycles. The van der Waals surface area contributed by atoms with Crippen LogP contribution in [0.4, 0.5) is 17.3 Å². The van der Waals surface area contributed by atoms with Crippen molar-refractivity contribution >= 4 is 17.3 Å². The van der Waals surface area contributed by atoms with Gasteiger partial charge >= 0.3 is 0 Å². The Labute approximate surface area is 90.9 Å². The van der Waals surface area contributed by atoms with Gasteiger partial charge in [-0.2, -0.15) is 0 Å². The zero-order valence-electron chi connectivity index (χ0n) is 9.86. The fraction of sp³-hybridized carbons (Fsp3) is 0.600. The van der Waals surface area contributed by atoms with E-state index in [0.29, 0.717) is 5.69 Å². The maximum Gasteiger partial charge on any atom is 0.157 e. The Balaban J connectivity index is 3.14. The number of hydrogen-bond acceptors (Lipinski definition) is 5. The Hall–Kier alpha value is -1.52. The van der Waals surface area contributed by atoms with Crippen LogP contribution in [0.15, 0.2) is 6.33 Å². The lowest BCUT2D eigenvalue weighted by Gasteiger charge is -2.23. The monoisotopic (exact) mass is 209 g/mol. The Kier molecular flexibility index (Phi) is 3.71. The SMILES string of the molecule is CCN(CC)c1ncnc(N(C)C)c1N. The number of nitrogens with two attached hydrogens (primary N) is 1. The molecule has 0 unspecified atom stereocenters. The topological polar surface area (TPSA) is 58.3 Å². The van der Waals surface area contributed by atoms with Crippen molar-refractivity contribution in [2.45, 2.75) is 13.8 Å². The predicted molar refractivity (Wildman–Crippen MR) is 64.3 cm³/mol. The minimum Gasteiger partial charge on any atom is -0.393 e.